The zero-order valence-electron chi connectivity index (χ0n) is 25.1. The molecule has 5 unspecified atom stereocenters. The summed E-state index contributed by atoms with van der Waals surface area (Å²) in [4.78, 5) is 55.5. The summed E-state index contributed by atoms with van der Waals surface area (Å²) in [6.45, 7) is 7.54. The van der Waals surface area contributed by atoms with Gasteiger partial charge in [-0.05, 0) is 47.6 Å². The Morgan fingerprint density at radius 2 is 1.51 bits per heavy atom. The van der Waals surface area contributed by atoms with Gasteiger partial charge in [-0.1, -0.05) is 64.4 Å². The van der Waals surface area contributed by atoms with E-state index in [0.29, 0.717) is 18.4 Å². The smallest absolute Gasteiger partial charge is 0.326 e. The molecule has 5 atom stereocenters. The highest BCUT2D eigenvalue weighted by molar-refractivity contribution is 5.95. The van der Waals surface area contributed by atoms with Crippen molar-refractivity contribution in [3.8, 4) is 5.75 Å². The van der Waals surface area contributed by atoms with Crippen molar-refractivity contribution in [2.75, 3.05) is 0 Å². The summed E-state index contributed by atoms with van der Waals surface area (Å²) in [5, 5.41) is 28.4. The average molecular weight is 594 g/mol. The lowest BCUT2D eigenvalue weighted by atomic mass is 9.96. The fourth-order valence-corrected chi connectivity index (χ4v) is 4.91. The molecule has 0 fully saturated rings. The molecule has 11 nitrogen and oxygen atoms in total. The van der Waals surface area contributed by atoms with E-state index in [0.717, 1.165) is 16.5 Å². The Morgan fingerprint density at radius 1 is 0.860 bits per heavy atom. The van der Waals surface area contributed by atoms with Gasteiger partial charge in [-0.15, -0.1) is 0 Å². The van der Waals surface area contributed by atoms with E-state index in [-0.39, 0.29) is 30.4 Å². The average Bonchev–Trinajstić information content (AvgIpc) is 3.37. The fourth-order valence-electron chi connectivity index (χ4n) is 4.91. The summed E-state index contributed by atoms with van der Waals surface area (Å²) < 4.78 is 0. The number of benzene rings is 2. The van der Waals surface area contributed by atoms with Crippen molar-refractivity contribution in [3.05, 3.63) is 65.9 Å². The number of fused-ring (bicyclic) bond motifs is 1. The summed E-state index contributed by atoms with van der Waals surface area (Å²) in [5.74, 6) is -3.08. The van der Waals surface area contributed by atoms with Crippen molar-refractivity contribution in [1.29, 1.82) is 0 Å². The molecule has 0 aliphatic heterocycles. The predicted octanol–water partition coefficient (Wildman–Crippen LogP) is 2.62. The summed E-state index contributed by atoms with van der Waals surface area (Å²) in [5.41, 5.74) is 8.41. The van der Waals surface area contributed by atoms with Crippen molar-refractivity contribution < 1.29 is 29.4 Å². The highest BCUT2D eigenvalue weighted by Gasteiger charge is 2.33. The fraction of sp³-hybridized carbons (Fsp3) is 0.438. The van der Waals surface area contributed by atoms with Gasteiger partial charge in [0.25, 0.3) is 0 Å². The van der Waals surface area contributed by atoms with Crippen molar-refractivity contribution in [3.63, 3.8) is 0 Å². The van der Waals surface area contributed by atoms with E-state index in [1.165, 1.54) is 12.1 Å². The van der Waals surface area contributed by atoms with Gasteiger partial charge in [-0.3, -0.25) is 14.4 Å². The molecular formula is C32H43N5O6. The van der Waals surface area contributed by atoms with E-state index in [1.807, 2.05) is 45.0 Å². The number of aliphatic carboxylic acids is 1. The zero-order valence-corrected chi connectivity index (χ0v) is 25.1. The number of carboxylic acid groups (broad SMARTS) is 1. The molecule has 8 N–H and O–H groups in total. The number of para-hydroxylation sites is 1. The number of aromatic nitrogens is 1. The SMILES string of the molecule is CCC(C)C(NC(=O)C(Cc1c[nH]c2ccccc12)NC(=O)C(N)CC(C)C)C(=O)NC(Cc1ccc(O)cc1)C(=O)O. The molecule has 232 valence electrons. The van der Waals surface area contributed by atoms with Crippen LogP contribution in [0.2, 0.25) is 0 Å². The maximum atomic E-state index is 13.8. The molecule has 0 saturated heterocycles. The van der Waals surface area contributed by atoms with Crippen LogP contribution in [-0.2, 0) is 32.0 Å². The van der Waals surface area contributed by atoms with Crippen LogP contribution in [-0.4, -0.2) is 63.1 Å². The molecule has 43 heavy (non-hydrogen) atoms. The molecule has 1 aromatic heterocycles. The van der Waals surface area contributed by atoms with Gasteiger partial charge in [-0.25, -0.2) is 4.79 Å². The minimum Gasteiger partial charge on any atom is -0.508 e. The highest BCUT2D eigenvalue weighted by Crippen LogP contribution is 2.20. The number of aromatic hydroxyl groups is 1. The van der Waals surface area contributed by atoms with Gasteiger partial charge in [-0.2, -0.15) is 0 Å². The highest BCUT2D eigenvalue weighted by atomic mass is 16.4. The number of rotatable bonds is 15. The Morgan fingerprint density at radius 3 is 2.14 bits per heavy atom. The largest absolute Gasteiger partial charge is 0.508 e. The molecule has 0 radical (unpaired) electrons. The number of hydrogen-bond donors (Lipinski definition) is 7. The van der Waals surface area contributed by atoms with Gasteiger partial charge in [0.05, 0.1) is 6.04 Å². The third-order valence-electron chi connectivity index (χ3n) is 7.58. The Labute approximate surface area is 251 Å². The summed E-state index contributed by atoms with van der Waals surface area (Å²) in [7, 11) is 0. The number of phenols is 1. The lowest BCUT2D eigenvalue weighted by molar-refractivity contribution is -0.142. The van der Waals surface area contributed by atoms with Gasteiger partial charge in [0.2, 0.25) is 17.7 Å². The lowest BCUT2D eigenvalue weighted by Gasteiger charge is -2.28. The van der Waals surface area contributed by atoms with Gasteiger partial charge in [0.15, 0.2) is 0 Å². The number of amides is 3. The number of carboxylic acids is 1. The van der Waals surface area contributed by atoms with E-state index in [4.69, 9.17) is 5.73 Å². The number of hydrogen-bond acceptors (Lipinski definition) is 6. The molecule has 0 spiro atoms. The van der Waals surface area contributed by atoms with Crippen LogP contribution >= 0.6 is 0 Å². The zero-order chi connectivity index (χ0) is 31.7. The first-order chi connectivity index (χ1) is 20.4. The lowest BCUT2D eigenvalue weighted by Crippen LogP contribution is -2.59. The number of aromatic amines is 1. The van der Waals surface area contributed by atoms with E-state index >= 15 is 0 Å². The van der Waals surface area contributed by atoms with E-state index < -0.39 is 47.9 Å². The number of H-pyrrole nitrogens is 1. The molecule has 3 amide bonds. The van der Waals surface area contributed by atoms with Crippen LogP contribution in [0.5, 0.6) is 5.75 Å². The molecular weight excluding hydrogens is 550 g/mol. The Balaban J connectivity index is 1.83. The first-order valence-corrected chi connectivity index (χ1v) is 14.6. The van der Waals surface area contributed by atoms with E-state index in [1.54, 1.807) is 25.3 Å². The summed E-state index contributed by atoms with van der Waals surface area (Å²) in [6, 6.07) is 9.43. The van der Waals surface area contributed by atoms with Gasteiger partial charge in [0.1, 0.15) is 23.9 Å². The minimum absolute atomic E-state index is 0.0183. The normalized spacial score (nSPS) is 14.8. The van der Waals surface area contributed by atoms with Gasteiger partial charge >= 0.3 is 5.97 Å². The molecule has 2 aromatic carbocycles. The van der Waals surface area contributed by atoms with Gasteiger partial charge < -0.3 is 36.9 Å². The number of phenolic OH excluding ortho intramolecular Hbond substituents is 1. The molecule has 1 heterocycles. The van der Waals surface area contributed by atoms with Crippen LogP contribution in [0, 0.1) is 11.8 Å². The molecule has 0 aliphatic rings. The monoisotopic (exact) mass is 593 g/mol. The maximum Gasteiger partial charge on any atom is 0.326 e. The van der Waals surface area contributed by atoms with Crippen LogP contribution in [0.3, 0.4) is 0 Å². The second kappa shape index (κ2) is 15.2. The Kier molecular flexibility index (Phi) is 11.7. The number of carbonyl (C=O) groups is 4. The van der Waals surface area contributed by atoms with Crippen LogP contribution in [0.25, 0.3) is 10.9 Å². The number of nitrogens with one attached hydrogen (secondary N) is 4. The van der Waals surface area contributed by atoms with Crippen LogP contribution in [0.15, 0.2) is 54.7 Å². The third-order valence-corrected chi connectivity index (χ3v) is 7.58. The van der Waals surface area contributed by atoms with Crippen molar-refractivity contribution in [2.45, 2.75) is 77.5 Å². The standard InChI is InChI=1S/C32H43N5O6/c1-5-19(4)28(31(41)36-27(32(42)43)15-20-10-12-22(38)13-11-20)37-30(40)26(35-29(39)24(33)14-18(2)3)16-21-17-34-25-9-7-6-8-23(21)25/h6-13,17-19,24,26-28,34,38H,5,14-16,33H2,1-4H3,(H,35,39)(H,36,41)(H,37,40)(H,42,43). The Bertz CT molecular complexity index is 1400. The Hall–Kier alpha value is -4.38. The molecule has 3 aromatic rings. The van der Waals surface area contributed by atoms with E-state index in [2.05, 4.69) is 20.9 Å². The predicted molar refractivity (Wildman–Crippen MR) is 164 cm³/mol. The van der Waals surface area contributed by atoms with Crippen LogP contribution in [0.1, 0.15) is 51.7 Å². The van der Waals surface area contributed by atoms with Gasteiger partial charge in [0, 0.05) is 29.9 Å². The molecule has 3 rings (SSSR count). The number of carbonyl (C=O) groups excluding carboxylic acids is 3. The maximum absolute atomic E-state index is 13.8. The van der Waals surface area contributed by atoms with Crippen molar-refractivity contribution >= 4 is 34.6 Å². The van der Waals surface area contributed by atoms with Crippen molar-refractivity contribution in [2.24, 2.45) is 17.6 Å². The topological polar surface area (TPSA) is 187 Å². The summed E-state index contributed by atoms with van der Waals surface area (Å²) in [6.07, 6.45) is 2.86. The van der Waals surface area contributed by atoms with Crippen molar-refractivity contribution in [1.82, 2.24) is 20.9 Å². The van der Waals surface area contributed by atoms with Crippen LogP contribution in [0.4, 0.5) is 0 Å². The van der Waals surface area contributed by atoms with E-state index in [9.17, 15) is 29.4 Å². The third kappa shape index (κ3) is 9.31. The second-order valence-electron chi connectivity index (χ2n) is 11.5. The quantitative estimate of drug-likeness (QED) is 0.141. The molecule has 0 aliphatic carbocycles. The second-order valence-corrected chi connectivity index (χ2v) is 11.5. The number of nitrogens with two attached hydrogens (primary N) is 1. The molecule has 0 bridgehead atoms. The molecule has 0 saturated carbocycles. The minimum atomic E-state index is -1.27. The first-order valence-electron chi connectivity index (χ1n) is 14.6. The summed E-state index contributed by atoms with van der Waals surface area (Å²) >= 11 is 0. The van der Waals surface area contributed by atoms with Crippen LogP contribution < -0.4 is 21.7 Å². The first kappa shape index (κ1) is 33.1. The molecule has 11 heteroatoms.